The van der Waals surface area contributed by atoms with E-state index in [4.69, 9.17) is 9.05 Å². The van der Waals surface area contributed by atoms with Crippen LogP contribution in [0.5, 0.6) is 0 Å². The van der Waals surface area contributed by atoms with Crippen LogP contribution >= 0.6 is 0 Å². The van der Waals surface area contributed by atoms with Gasteiger partial charge >= 0.3 is 0 Å². The topological polar surface area (TPSA) is 85.3 Å². The van der Waals surface area contributed by atoms with Crippen molar-refractivity contribution >= 4 is 5.91 Å². The molecule has 0 unspecified atom stereocenters. The lowest BCUT2D eigenvalue weighted by Crippen LogP contribution is -2.46. The van der Waals surface area contributed by atoms with Crippen LogP contribution in [0.1, 0.15) is 65.6 Å². The average molecular weight is 344 g/mol. The van der Waals surface area contributed by atoms with Gasteiger partial charge in [-0.15, -0.1) is 0 Å². The van der Waals surface area contributed by atoms with Gasteiger partial charge in [0.2, 0.25) is 5.89 Å². The SMILES string of the molecule is Cc1nc(C2(CC3CC3)CCN(C(=O)c3c(C)noc3C)CC2)no1. The van der Waals surface area contributed by atoms with Crippen LogP contribution in [-0.2, 0) is 5.41 Å². The van der Waals surface area contributed by atoms with Crippen LogP contribution < -0.4 is 0 Å². The standard InChI is InChI=1S/C18H24N4O3/c1-11-15(12(2)24-20-11)16(23)22-8-6-18(7-9-22,10-14-4-5-14)17-19-13(3)25-21-17/h14H,4-10H2,1-3H3. The number of likely N-dealkylation sites (tertiary alicyclic amines) is 1. The van der Waals surface area contributed by atoms with Crippen LogP contribution in [0.15, 0.2) is 9.05 Å². The smallest absolute Gasteiger partial charge is 0.259 e. The summed E-state index contributed by atoms with van der Waals surface area (Å²) in [5.74, 6) is 2.80. The number of rotatable bonds is 4. The van der Waals surface area contributed by atoms with E-state index in [9.17, 15) is 4.79 Å². The molecule has 0 aromatic carbocycles. The Balaban J connectivity index is 1.53. The Hall–Kier alpha value is -2.18. The summed E-state index contributed by atoms with van der Waals surface area (Å²) in [6.07, 6.45) is 5.43. The van der Waals surface area contributed by atoms with Crippen LogP contribution in [0.2, 0.25) is 0 Å². The molecule has 4 rings (SSSR count). The van der Waals surface area contributed by atoms with E-state index >= 15 is 0 Å². The molecule has 0 bridgehead atoms. The van der Waals surface area contributed by atoms with Gasteiger partial charge in [-0.25, -0.2) is 0 Å². The summed E-state index contributed by atoms with van der Waals surface area (Å²) in [7, 11) is 0. The Labute approximate surface area is 146 Å². The largest absolute Gasteiger partial charge is 0.361 e. The van der Waals surface area contributed by atoms with Gasteiger partial charge < -0.3 is 13.9 Å². The second-order valence-corrected chi connectivity index (χ2v) is 7.56. The monoisotopic (exact) mass is 344 g/mol. The van der Waals surface area contributed by atoms with Gasteiger partial charge in [-0.2, -0.15) is 4.98 Å². The first-order chi connectivity index (χ1) is 12.0. The third-order valence-corrected chi connectivity index (χ3v) is 5.63. The summed E-state index contributed by atoms with van der Waals surface area (Å²) in [5.41, 5.74) is 1.20. The van der Waals surface area contributed by atoms with Gasteiger partial charge in [0.15, 0.2) is 5.82 Å². The molecule has 7 nitrogen and oxygen atoms in total. The lowest BCUT2D eigenvalue weighted by atomic mass is 9.73. The van der Waals surface area contributed by atoms with Gasteiger partial charge in [-0.05, 0) is 39.0 Å². The Kier molecular flexibility index (Phi) is 3.89. The summed E-state index contributed by atoms with van der Waals surface area (Å²) in [6.45, 7) is 6.83. The van der Waals surface area contributed by atoms with E-state index in [1.54, 1.807) is 6.92 Å². The minimum Gasteiger partial charge on any atom is -0.361 e. The molecule has 2 aliphatic rings. The molecule has 7 heteroatoms. The van der Waals surface area contributed by atoms with Crippen molar-refractivity contribution in [3.05, 3.63) is 28.7 Å². The fraction of sp³-hybridized carbons (Fsp3) is 0.667. The van der Waals surface area contributed by atoms with Crippen molar-refractivity contribution in [2.24, 2.45) is 5.92 Å². The van der Waals surface area contributed by atoms with Gasteiger partial charge in [0.05, 0.1) is 5.69 Å². The molecule has 2 aromatic rings. The number of carbonyl (C=O) groups is 1. The second-order valence-electron chi connectivity index (χ2n) is 7.56. The van der Waals surface area contributed by atoms with E-state index in [2.05, 4.69) is 15.3 Å². The van der Waals surface area contributed by atoms with Crippen LogP contribution in [0.3, 0.4) is 0 Å². The zero-order chi connectivity index (χ0) is 17.6. The van der Waals surface area contributed by atoms with Gasteiger partial charge in [-0.3, -0.25) is 4.79 Å². The quantitative estimate of drug-likeness (QED) is 0.848. The highest BCUT2D eigenvalue weighted by atomic mass is 16.5. The Morgan fingerprint density at radius 3 is 2.40 bits per heavy atom. The highest BCUT2D eigenvalue weighted by Crippen LogP contribution is 2.46. The van der Waals surface area contributed by atoms with E-state index in [0.29, 0.717) is 36.0 Å². The zero-order valence-corrected chi connectivity index (χ0v) is 15.0. The van der Waals surface area contributed by atoms with Gasteiger partial charge in [0.1, 0.15) is 11.3 Å². The molecule has 0 spiro atoms. The number of nitrogens with zero attached hydrogens (tertiary/aromatic N) is 4. The van der Waals surface area contributed by atoms with Crippen molar-refractivity contribution in [3.63, 3.8) is 0 Å². The first-order valence-electron chi connectivity index (χ1n) is 9.01. The van der Waals surface area contributed by atoms with Gasteiger partial charge in [-0.1, -0.05) is 23.2 Å². The Morgan fingerprint density at radius 2 is 1.88 bits per heavy atom. The average Bonchev–Trinajstić information content (AvgIpc) is 3.19. The zero-order valence-electron chi connectivity index (χ0n) is 15.0. The van der Waals surface area contributed by atoms with Crippen LogP contribution in [0, 0.1) is 26.7 Å². The van der Waals surface area contributed by atoms with Crippen LogP contribution in [0.4, 0.5) is 0 Å². The molecule has 2 fully saturated rings. The number of aromatic nitrogens is 3. The molecule has 1 amide bonds. The summed E-state index contributed by atoms with van der Waals surface area (Å²) in [4.78, 5) is 19.3. The molecule has 25 heavy (non-hydrogen) atoms. The predicted octanol–water partition coefficient (Wildman–Crippen LogP) is 2.96. The maximum Gasteiger partial charge on any atom is 0.259 e. The lowest BCUT2D eigenvalue weighted by Gasteiger charge is -2.40. The summed E-state index contributed by atoms with van der Waals surface area (Å²) >= 11 is 0. The van der Waals surface area contributed by atoms with Crippen molar-refractivity contribution in [1.29, 1.82) is 0 Å². The number of piperidine rings is 1. The molecule has 0 radical (unpaired) electrons. The molecule has 0 atom stereocenters. The Bertz CT molecular complexity index is 763. The highest BCUT2D eigenvalue weighted by Gasteiger charge is 2.45. The molecule has 2 aromatic heterocycles. The molecular formula is C18H24N4O3. The number of hydrogen-bond acceptors (Lipinski definition) is 6. The van der Waals surface area contributed by atoms with Crippen molar-refractivity contribution in [1.82, 2.24) is 20.2 Å². The minimum atomic E-state index is -0.0611. The molecule has 3 heterocycles. The summed E-state index contributed by atoms with van der Waals surface area (Å²) in [5, 5.41) is 8.13. The maximum atomic E-state index is 12.9. The predicted molar refractivity (Wildman–Crippen MR) is 89.2 cm³/mol. The van der Waals surface area contributed by atoms with Gasteiger partial charge in [0, 0.05) is 25.4 Å². The molecule has 1 aliphatic heterocycles. The molecule has 1 saturated heterocycles. The van der Waals surface area contributed by atoms with Crippen molar-refractivity contribution in [3.8, 4) is 0 Å². The second kappa shape index (κ2) is 5.97. The van der Waals surface area contributed by atoms with E-state index in [0.717, 1.165) is 31.0 Å². The normalized spacial score (nSPS) is 20.0. The van der Waals surface area contributed by atoms with Crippen molar-refractivity contribution in [2.45, 2.75) is 58.3 Å². The first-order valence-corrected chi connectivity index (χ1v) is 9.01. The maximum absolute atomic E-state index is 12.9. The first kappa shape index (κ1) is 16.3. The molecule has 0 N–H and O–H groups in total. The molecular weight excluding hydrogens is 320 g/mol. The van der Waals surface area contributed by atoms with E-state index in [1.807, 2.05) is 18.7 Å². The third-order valence-electron chi connectivity index (χ3n) is 5.63. The van der Waals surface area contributed by atoms with Gasteiger partial charge in [0.25, 0.3) is 5.91 Å². The van der Waals surface area contributed by atoms with E-state index in [-0.39, 0.29) is 11.3 Å². The third kappa shape index (κ3) is 2.96. The van der Waals surface area contributed by atoms with Crippen LogP contribution in [-0.4, -0.2) is 39.2 Å². The molecule has 1 aliphatic carbocycles. The number of amides is 1. The number of carbonyl (C=O) groups excluding carboxylic acids is 1. The Morgan fingerprint density at radius 1 is 1.16 bits per heavy atom. The van der Waals surface area contributed by atoms with Crippen LogP contribution in [0.25, 0.3) is 0 Å². The molecule has 134 valence electrons. The molecule has 1 saturated carbocycles. The van der Waals surface area contributed by atoms with Crippen molar-refractivity contribution in [2.75, 3.05) is 13.1 Å². The number of hydrogen-bond donors (Lipinski definition) is 0. The van der Waals surface area contributed by atoms with E-state index < -0.39 is 0 Å². The summed E-state index contributed by atoms with van der Waals surface area (Å²) in [6, 6.07) is 0. The fourth-order valence-corrected chi connectivity index (χ4v) is 3.99. The minimum absolute atomic E-state index is 0.0144. The lowest BCUT2D eigenvalue weighted by molar-refractivity contribution is 0.0643. The van der Waals surface area contributed by atoms with Crippen molar-refractivity contribution < 1.29 is 13.8 Å². The number of aryl methyl sites for hydroxylation is 3. The van der Waals surface area contributed by atoms with E-state index in [1.165, 1.54) is 12.8 Å². The highest BCUT2D eigenvalue weighted by molar-refractivity contribution is 5.96. The summed E-state index contributed by atoms with van der Waals surface area (Å²) < 4.78 is 10.4. The fourth-order valence-electron chi connectivity index (χ4n) is 3.99.